The third kappa shape index (κ3) is 2.23. The zero-order chi connectivity index (χ0) is 15.6. The number of rotatable bonds is 4. The van der Waals surface area contributed by atoms with Gasteiger partial charge in [0.05, 0.1) is 6.61 Å². The summed E-state index contributed by atoms with van der Waals surface area (Å²) in [6.07, 6.45) is -1.39. The Morgan fingerprint density at radius 1 is 1.48 bits per heavy atom. The maximum Gasteiger partial charge on any atom is 0.336 e. The average Bonchev–Trinajstić information content (AvgIpc) is 2.47. The molecular formula is C14H18N2O5. The van der Waals surface area contributed by atoms with Crippen LogP contribution >= 0.6 is 0 Å². The number of aliphatic hydroxyl groups is 1. The van der Waals surface area contributed by atoms with E-state index in [1.807, 2.05) is 0 Å². The number of esters is 1. The smallest absolute Gasteiger partial charge is 0.336 e. The Morgan fingerprint density at radius 2 is 2.14 bits per heavy atom. The Balaban J connectivity index is 2.57. The molecular weight excluding hydrogens is 276 g/mol. The lowest BCUT2D eigenvalue weighted by atomic mass is 9.76. The molecule has 0 fully saturated rings. The van der Waals surface area contributed by atoms with E-state index < -0.39 is 28.6 Å². The van der Waals surface area contributed by atoms with E-state index >= 15 is 0 Å². The van der Waals surface area contributed by atoms with E-state index in [4.69, 9.17) is 4.74 Å². The molecule has 21 heavy (non-hydrogen) atoms. The van der Waals surface area contributed by atoms with E-state index in [-0.39, 0.29) is 13.0 Å². The van der Waals surface area contributed by atoms with Gasteiger partial charge in [0.2, 0.25) is 0 Å². The number of carbonyl (C=O) groups is 1. The highest BCUT2D eigenvalue weighted by Gasteiger charge is 2.62. The standard InChI is InChI=1S/C14H18N2O5/c1-3-14(16(19)20)11(13(18)21-4-2)15-10-8-6-5-7-9(10)12(14)17/h5-8,11-12,15,17H,3-4H2,1-2H3. The van der Waals surface area contributed by atoms with Crippen molar-refractivity contribution in [2.24, 2.45) is 0 Å². The highest BCUT2D eigenvalue weighted by Crippen LogP contribution is 2.43. The van der Waals surface area contributed by atoms with Gasteiger partial charge in [-0.2, -0.15) is 0 Å². The number of nitrogens with one attached hydrogen (secondary N) is 1. The molecule has 0 radical (unpaired) electrons. The van der Waals surface area contributed by atoms with E-state index in [9.17, 15) is 20.0 Å². The lowest BCUT2D eigenvalue weighted by Gasteiger charge is -2.40. The third-order valence-corrected chi connectivity index (χ3v) is 3.96. The second kappa shape index (κ2) is 5.69. The lowest BCUT2D eigenvalue weighted by Crippen LogP contribution is -2.62. The van der Waals surface area contributed by atoms with Gasteiger partial charge in [-0.1, -0.05) is 25.1 Å². The van der Waals surface area contributed by atoms with Crippen molar-refractivity contribution in [1.82, 2.24) is 0 Å². The number of nitrogens with zero attached hydrogens (tertiary/aromatic N) is 1. The summed E-state index contributed by atoms with van der Waals surface area (Å²) in [5.41, 5.74) is -0.925. The fourth-order valence-corrected chi connectivity index (χ4v) is 2.79. The molecule has 0 amide bonds. The van der Waals surface area contributed by atoms with Crippen LogP contribution in [0.2, 0.25) is 0 Å². The van der Waals surface area contributed by atoms with E-state index in [0.29, 0.717) is 11.3 Å². The monoisotopic (exact) mass is 294 g/mol. The Labute approximate surface area is 122 Å². The highest BCUT2D eigenvalue weighted by molar-refractivity contribution is 5.83. The molecule has 1 heterocycles. The number of hydrogen-bond donors (Lipinski definition) is 2. The van der Waals surface area contributed by atoms with Gasteiger partial charge in [0.25, 0.3) is 5.54 Å². The molecule has 0 aromatic heterocycles. The maximum absolute atomic E-state index is 12.1. The molecule has 3 atom stereocenters. The molecule has 3 unspecified atom stereocenters. The van der Waals surface area contributed by atoms with E-state index in [2.05, 4.69) is 5.32 Å². The second-order valence-corrected chi connectivity index (χ2v) is 4.92. The molecule has 0 aliphatic carbocycles. The van der Waals surface area contributed by atoms with Gasteiger partial charge in [-0.05, 0) is 13.0 Å². The summed E-state index contributed by atoms with van der Waals surface area (Å²) < 4.78 is 4.94. The van der Waals surface area contributed by atoms with Crippen LogP contribution in [0.5, 0.6) is 0 Å². The number of aliphatic hydroxyl groups excluding tert-OH is 1. The number of hydrogen-bond acceptors (Lipinski definition) is 6. The summed E-state index contributed by atoms with van der Waals surface area (Å²) in [5, 5.41) is 25.0. The quantitative estimate of drug-likeness (QED) is 0.496. The molecule has 1 aromatic rings. The van der Waals surface area contributed by atoms with Crippen molar-refractivity contribution >= 4 is 11.7 Å². The Kier molecular flexibility index (Phi) is 4.13. The third-order valence-electron chi connectivity index (χ3n) is 3.96. The number of nitro groups is 1. The van der Waals surface area contributed by atoms with Gasteiger partial charge in [-0.3, -0.25) is 10.1 Å². The predicted octanol–water partition coefficient (Wildman–Crippen LogP) is 1.50. The van der Waals surface area contributed by atoms with Crippen LogP contribution in [0.4, 0.5) is 5.69 Å². The molecule has 7 heteroatoms. The highest BCUT2D eigenvalue weighted by atomic mass is 16.6. The van der Waals surface area contributed by atoms with Crippen molar-refractivity contribution in [1.29, 1.82) is 0 Å². The van der Waals surface area contributed by atoms with Crippen molar-refractivity contribution in [2.75, 3.05) is 11.9 Å². The lowest BCUT2D eigenvalue weighted by molar-refractivity contribution is -0.586. The first-order valence-electron chi connectivity index (χ1n) is 6.83. The van der Waals surface area contributed by atoms with Gasteiger partial charge in [-0.25, -0.2) is 4.79 Å². The summed E-state index contributed by atoms with van der Waals surface area (Å²) in [4.78, 5) is 23.2. The average molecular weight is 294 g/mol. The molecule has 2 rings (SSSR count). The number of fused-ring (bicyclic) bond motifs is 1. The van der Waals surface area contributed by atoms with Gasteiger partial charge in [0.1, 0.15) is 0 Å². The van der Waals surface area contributed by atoms with E-state index in [1.165, 1.54) is 0 Å². The first kappa shape index (κ1) is 15.2. The molecule has 0 saturated carbocycles. The Hall–Kier alpha value is -2.15. The summed E-state index contributed by atoms with van der Waals surface area (Å²) in [5.74, 6) is -0.732. The Bertz CT molecular complexity index is 562. The number of carbonyl (C=O) groups excluding carboxylic acids is 1. The molecule has 2 N–H and O–H groups in total. The molecule has 114 valence electrons. The predicted molar refractivity (Wildman–Crippen MR) is 75.5 cm³/mol. The van der Waals surface area contributed by atoms with Crippen LogP contribution < -0.4 is 5.32 Å². The van der Waals surface area contributed by atoms with Gasteiger partial charge >= 0.3 is 5.97 Å². The van der Waals surface area contributed by atoms with Crippen molar-refractivity contribution in [2.45, 2.75) is 38.0 Å². The minimum atomic E-state index is -1.85. The van der Waals surface area contributed by atoms with Gasteiger partial charge in [-0.15, -0.1) is 0 Å². The van der Waals surface area contributed by atoms with Gasteiger partial charge < -0.3 is 15.2 Å². The summed E-state index contributed by atoms with van der Waals surface area (Å²) in [6.45, 7) is 3.32. The molecule has 1 aliphatic rings. The van der Waals surface area contributed by atoms with E-state index in [1.54, 1.807) is 38.1 Å². The number of benzene rings is 1. The fourth-order valence-electron chi connectivity index (χ4n) is 2.79. The van der Waals surface area contributed by atoms with Crippen molar-refractivity contribution in [3.8, 4) is 0 Å². The van der Waals surface area contributed by atoms with Crippen LogP contribution in [0, 0.1) is 10.1 Å². The Morgan fingerprint density at radius 3 is 2.71 bits per heavy atom. The normalized spacial score (nSPS) is 27.4. The van der Waals surface area contributed by atoms with Crippen molar-refractivity contribution in [3.63, 3.8) is 0 Å². The van der Waals surface area contributed by atoms with Crippen molar-refractivity contribution in [3.05, 3.63) is 39.9 Å². The van der Waals surface area contributed by atoms with Gasteiger partial charge in [0, 0.05) is 22.6 Å². The van der Waals surface area contributed by atoms with Crippen LogP contribution in [0.15, 0.2) is 24.3 Å². The maximum atomic E-state index is 12.1. The molecule has 7 nitrogen and oxygen atoms in total. The van der Waals surface area contributed by atoms with E-state index in [0.717, 1.165) is 0 Å². The summed E-state index contributed by atoms with van der Waals surface area (Å²) in [6, 6.07) is 5.47. The van der Waals surface area contributed by atoms with Crippen LogP contribution in [0.3, 0.4) is 0 Å². The van der Waals surface area contributed by atoms with Crippen molar-refractivity contribution < 1.29 is 19.6 Å². The molecule has 0 bridgehead atoms. The largest absolute Gasteiger partial charge is 0.464 e. The molecule has 1 aliphatic heterocycles. The van der Waals surface area contributed by atoms with Crippen LogP contribution in [0.25, 0.3) is 0 Å². The van der Waals surface area contributed by atoms with Crippen LogP contribution in [0.1, 0.15) is 31.9 Å². The molecule has 1 aromatic carbocycles. The number of ether oxygens (including phenoxy) is 1. The summed E-state index contributed by atoms with van der Waals surface area (Å²) >= 11 is 0. The minimum absolute atomic E-state index is 0.00795. The zero-order valence-corrected chi connectivity index (χ0v) is 11.9. The topological polar surface area (TPSA) is 102 Å². The molecule has 0 saturated heterocycles. The van der Waals surface area contributed by atoms with Gasteiger partial charge in [0.15, 0.2) is 12.1 Å². The first-order valence-corrected chi connectivity index (χ1v) is 6.83. The van der Waals surface area contributed by atoms with Crippen LogP contribution in [-0.4, -0.2) is 34.2 Å². The minimum Gasteiger partial charge on any atom is -0.464 e. The number of para-hydroxylation sites is 1. The number of anilines is 1. The molecule has 0 spiro atoms. The first-order chi connectivity index (χ1) is 9.98. The SMILES string of the molecule is CCOC(=O)C1Nc2ccccc2C(O)C1(CC)[N+](=O)[O-]. The summed E-state index contributed by atoms with van der Waals surface area (Å²) in [7, 11) is 0. The zero-order valence-electron chi connectivity index (χ0n) is 11.9. The van der Waals surface area contributed by atoms with Crippen LogP contribution in [-0.2, 0) is 9.53 Å². The fraction of sp³-hybridized carbons (Fsp3) is 0.500. The second-order valence-electron chi connectivity index (χ2n) is 4.92.